The first kappa shape index (κ1) is 14.3. The summed E-state index contributed by atoms with van der Waals surface area (Å²) in [5.41, 5.74) is 0.158. The van der Waals surface area contributed by atoms with E-state index in [0.717, 1.165) is 0 Å². The number of fused-ring (bicyclic) bond motifs is 1. The lowest BCUT2D eigenvalue weighted by Crippen LogP contribution is -2.42. The minimum Gasteiger partial charge on any atom is -0.497 e. The van der Waals surface area contributed by atoms with Crippen molar-refractivity contribution in [2.45, 2.75) is 18.3 Å². The van der Waals surface area contributed by atoms with Gasteiger partial charge in [0.2, 0.25) is 0 Å². The summed E-state index contributed by atoms with van der Waals surface area (Å²) in [5.74, 6) is -2.66. The molecular formula is C12H10F3NO4. The van der Waals surface area contributed by atoms with Gasteiger partial charge in [-0.15, -0.1) is 0 Å². The molecule has 0 radical (unpaired) electrons. The fourth-order valence-electron chi connectivity index (χ4n) is 2.01. The first-order valence-corrected chi connectivity index (χ1v) is 5.53. The van der Waals surface area contributed by atoms with Crippen LogP contribution in [0.4, 0.5) is 13.2 Å². The number of alkyl halides is 3. The number of aliphatic hydroxyl groups excluding tert-OH is 1. The molecule has 5 nitrogen and oxygen atoms in total. The van der Waals surface area contributed by atoms with Crippen LogP contribution < -0.4 is 10.1 Å². The lowest BCUT2D eigenvalue weighted by molar-refractivity contribution is -0.174. The minimum atomic E-state index is -5.09. The van der Waals surface area contributed by atoms with Crippen LogP contribution in [0, 0.1) is 0 Å². The van der Waals surface area contributed by atoms with Crippen molar-refractivity contribution in [1.82, 2.24) is 5.32 Å². The van der Waals surface area contributed by atoms with E-state index in [1.807, 2.05) is 0 Å². The molecule has 2 atom stereocenters. The molecule has 20 heavy (non-hydrogen) atoms. The Morgan fingerprint density at radius 3 is 2.60 bits per heavy atom. The number of hydrogen-bond donors (Lipinski definition) is 2. The third-order valence-corrected chi connectivity index (χ3v) is 2.99. The van der Waals surface area contributed by atoms with Gasteiger partial charge in [0.15, 0.2) is 5.78 Å². The number of ether oxygens (including phenoxy) is 1. The highest BCUT2D eigenvalue weighted by Crippen LogP contribution is 2.34. The smallest absolute Gasteiger partial charge is 0.471 e. The summed E-state index contributed by atoms with van der Waals surface area (Å²) in [6, 6.07) is 2.64. The number of nitrogens with one attached hydrogen (secondary N) is 1. The Morgan fingerprint density at radius 2 is 2.05 bits per heavy atom. The van der Waals surface area contributed by atoms with Gasteiger partial charge in [-0.2, -0.15) is 13.2 Å². The third kappa shape index (κ3) is 2.34. The number of benzene rings is 1. The van der Waals surface area contributed by atoms with Crippen molar-refractivity contribution in [2.24, 2.45) is 0 Å². The topological polar surface area (TPSA) is 75.6 Å². The molecule has 1 aromatic carbocycles. The zero-order valence-electron chi connectivity index (χ0n) is 10.2. The maximum atomic E-state index is 12.2. The van der Waals surface area contributed by atoms with E-state index in [-0.39, 0.29) is 11.1 Å². The molecule has 0 aromatic heterocycles. The largest absolute Gasteiger partial charge is 0.497 e. The van der Waals surface area contributed by atoms with Gasteiger partial charge >= 0.3 is 12.1 Å². The second-order valence-corrected chi connectivity index (χ2v) is 4.21. The predicted octanol–water partition coefficient (Wildman–Crippen LogP) is 0.972. The normalized spacial score (nSPS) is 21.6. The molecule has 1 aromatic rings. The summed E-state index contributed by atoms with van der Waals surface area (Å²) in [4.78, 5) is 22.7. The van der Waals surface area contributed by atoms with E-state index in [0.29, 0.717) is 5.75 Å². The second-order valence-electron chi connectivity index (χ2n) is 4.21. The average molecular weight is 289 g/mol. The van der Waals surface area contributed by atoms with E-state index in [1.165, 1.54) is 25.3 Å². The Balaban J connectivity index is 2.36. The molecule has 1 aliphatic rings. The highest BCUT2D eigenvalue weighted by Gasteiger charge is 2.45. The van der Waals surface area contributed by atoms with Gasteiger partial charge in [-0.25, -0.2) is 0 Å². The monoisotopic (exact) mass is 289 g/mol. The van der Waals surface area contributed by atoms with E-state index >= 15 is 0 Å². The van der Waals surface area contributed by atoms with Crippen LogP contribution >= 0.6 is 0 Å². The van der Waals surface area contributed by atoms with Crippen LogP contribution in [0.3, 0.4) is 0 Å². The van der Waals surface area contributed by atoms with Crippen LogP contribution in [0.5, 0.6) is 5.75 Å². The first-order valence-electron chi connectivity index (χ1n) is 5.53. The minimum absolute atomic E-state index is 0.0609. The Hall–Kier alpha value is -2.09. The molecule has 2 N–H and O–H groups in total. The molecule has 0 fully saturated rings. The van der Waals surface area contributed by atoms with Crippen molar-refractivity contribution >= 4 is 11.7 Å². The zero-order chi connectivity index (χ0) is 15.1. The number of methoxy groups -OCH3 is 1. The van der Waals surface area contributed by atoms with Crippen LogP contribution in [-0.4, -0.2) is 36.2 Å². The van der Waals surface area contributed by atoms with Crippen molar-refractivity contribution in [1.29, 1.82) is 0 Å². The highest BCUT2D eigenvalue weighted by atomic mass is 19.4. The van der Waals surface area contributed by atoms with E-state index in [1.54, 1.807) is 5.32 Å². The molecule has 0 heterocycles. The number of ketones is 1. The molecule has 1 amide bonds. The maximum Gasteiger partial charge on any atom is 0.471 e. The van der Waals surface area contributed by atoms with Gasteiger partial charge in [0.25, 0.3) is 0 Å². The lowest BCUT2D eigenvalue weighted by atomic mass is 10.1. The van der Waals surface area contributed by atoms with Crippen LogP contribution in [0.25, 0.3) is 0 Å². The number of carbonyl (C=O) groups excluding carboxylic acids is 2. The molecule has 0 aliphatic heterocycles. The molecular weight excluding hydrogens is 279 g/mol. The summed E-state index contributed by atoms with van der Waals surface area (Å²) < 4.78 is 41.6. The summed E-state index contributed by atoms with van der Waals surface area (Å²) in [7, 11) is 1.35. The fraction of sp³-hybridized carbons (Fsp3) is 0.333. The van der Waals surface area contributed by atoms with E-state index in [4.69, 9.17) is 4.74 Å². The van der Waals surface area contributed by atoms with Gasteiger partial charge in [-0.1, -0.05) is 0 Å². The van der Waals surface area contributed by atoms with Gasteiger partial charge in [0.05, 0.1) is 13.2 Å². The van der Waals surface area contributed by atoms with Crippen LogP contribution in [0.2, 0.25) is 0 Å². The Labute approximate surface area is 111 Å². The zero-order valence-corrected chi connectivity index (χ0v) is 10.2. The van der Waals surface area contributed by atoms with Gasteiger partial charge in [-0.05, 0) is 23.8 Å². The predicted molar refractivity (Wildman–Crippen MR) is 60.3 cm³/mol. The number of carbonyl (C=O) groups is 2. The number of halogens is 3. The van der Waals surface area contributed by atoms with Crippen molar-refractivity contribution in [3.8, 4) is 5.75 Å². The average Bonchev–Trinajstić information content (AvgIpc) is 2.62. The van der Waals surface area contributed by atoms with Gasteiger partial charge < -0.3 is 15.2 Å². The Morgan fingerprint density at radius 1 is 1.40 bits per heavy atom. The standard InChI is InChI=1S/C12H10F3NO4/c1-20-5-2-3-6-7(4-5)8(10(18)9(6)17)16-11(19)12(13,14)15/h2-4,8,10,18H,1H3,(H,16,19)/t8-,10+/m1/s1. The fourth-order valence-corrected chi connectivity index (χ4v) is 2.01. The number of Topliss-reactive ketones (excluding diaryl/α,β-unsaturated/α-hetero) is 1. The quantitative estimate of drug-likeness (QED) is 0.850. The number of hydrogen-bond acceptors (Lipinski definition) is 4. The Kier molecular flexibility index (Phi) is 3.43. The molecule has 0 unspecified atom stereocenters. The molecule has 108 valence electrons. The van der Waals surface area contributed by atoms with Gasteiger partial charge in [0, 0.05) is 5.56 Å². The number of amides is 1. The molecule has 0 saturated heterocycles. The van der Waals surface area contributed by atoms with Gasteiger partial charge in [0.1, 0.15) is 11.9 Å². The number of aliphatic hydroxyl groups is 1. The van der Waals surface area contributed by atoms with Crippen molar-refractivity contribution in [3.05, 3.63) is 29.3 Å². The molecule has 0 spiro atoms. The van der Waals surface area contributed by atoms with E-state index in [2.05, 4.69) is 0 Å². The molecule has 8 heteroatoms. The molecule has 1 aliphatic carbocycles. The van der Waals surface area contributed by atoms with Crippen molar-refractivity contribution in [2.75, 3.05) is 7.11 Å². The van der Waals surface area contributed by atoms with E-state index < -0.39 is 30.0 Å². The van der Waals surface area contributed by atoms with Crippen molar-refractivity contribution in [3.63, 3.8) is 0 Å². The summed E-state index contributed by atoms with van der Waals surface area (Å²) in [5, 5.41) is 11.3. The summed E-state index contributed by atoms with van der Waals surface area (Å²) in [6.45, 7) is 0. The molecule has 0 saturated carbocycles. The molecule has 0 bridgehead atoms. The van der Waals surface area contributed by atoms with Gasteiger partial charge in [-0.3, -0.25) is 9.59 Å². The summed E-state index contributed by atoms with van der Waals surface area (Å²) >= 11 is 0. The summed E-state index contributed by atoms with van der Waals surface area (Å²) in [6.07, 6.45) is -6.84. The third-order valence-electron chi connectivity index (χ3n) is 2.99. The van der Waals surface area contributed by atoms with Crippen LogP contribution in [0.1, 0.15) is 22.0 Å². The van der Waals surface area contributed by atoms with Crippen LogP contribution in [0.15, 0.2) is 18.2 Å². The number of rotatable bonds is 2. The maximum absolute atomic E-state index is 12.2. The van der Waals surface area contributed by atoms with Crippen molar-refractivity contribution < 1.29 is 32.6 Å². The lowest BCUT2D eigenvalue weighted by Gasteiger charge is -2.18. The SMILES string of the molecule is COc1ccc2c(c1)[C@@H](NC(=O)C(F)(F)F)[C@H](O)C2=O. The first-order chi connectivity index (χ1) is 9.25. The highest BCUT2D eigenvalue weighted by molar-refractivity contribution is 6.05. The second kappa shape index (κ2) is 4.78. The van der Waals surface area contributed by atoms with Crippen LogP contribution in [-0.2, 0) is 4.79 Å². The Bertz CT molecular complexity index is 570. The van der Waals surface area contributed by atoms with E-state index in [9.17, 15) is 27.9 Å². The molecule has 2 rings (SSSR count).